The van der Waals surface area contributed by atoms with Crippen LogP contribution in [0.25, 0.3) is 5.69 Å². The van der Waals surface area contributed by atoms with Crippen molar-refractivity contribution in [2.24, 2.45) is 12.2 Å². The minimum atomic E-state index is -0.298. The average Bonchev–Trinajstić information content (AvgIpc) is 3.45. The topological polar surface area (TPSA) is 74.3 Å². The molecule has 1 saturated carbocycles. The molecule has 29 heavy (non-hydrogen) atoms. The van der Waals surface area contributed by atoms with E-state index in [1.54, 1.807) is 7.05 Å². The maximum Gasteiger partial charge on any atom is 0.368 e. The Hall–Kier alpha value is -3.22. The van der Waals surface area contributed by atoms with Gasteiger partial charge in [0, 0.05) is 18.0 Å². The second-order valence-electron chi connectivity index (χ2n) is 7.77. The Morgan fingerprint density at radius 3 is 2.59 bits per heavy atom. The molecule has 0 spiro atoms. The van der Waals surface area contributed by atoms with Crippen molar-refractivity contribution < 1.29 is 4.84 Å². The van der Waals surface area contributed by atoms with Crippen molar-refractivity contribution in [1.29, 1.82) is 0 Å². The number of rotatable bonds is 6. The first-order valence-corrected chi connectivity index (χ1v) is 9.74. The molecule has 150 valence electrons. The van der Waals surface area contributed by atoms with Crippen LogP contribution in [0.5, 0.6) is 0 Å². The number of nitrogens with zero attached hydrogens (tertiary/aromatic N) is 5. The van der Waals surface area contributed by atoms with Gasteiger partial charge in [-0.2, -0.15) is 9.36 Å². The molecule has 0 N–H and O–H groups in total. The maximum absolute atomic E-state index is 12.3. The molecule has 7 nitrogen and oxygen atoms in total. The second-order valence-corrected chi connectivity index (χ2v) is 7.77. The van der Waals surface area contributed by atoms with Crippen molar-refractivity contribution in [1.82, 2.24) is 19.8 Å². The molecule has 0 atom stereocenters. The summed E-state index contributed by atoms with van der Waals surface area (Å²) >= 11 is 0. The number of oxime groups is 1. The van der Waals surface area contributed by atoms with E-state index in [2.05, 4.69) is 46.8 Å². The van der Waals surface area contributed by atoms with E-state index in [0.717, 1.165) is 29.7 Å². The normalized spacial score (nSPS) is 15.4. The van der Waals surface area contributed by atoms with E-state index in [0.29, 0.717) is 5.69 Å². The Morgan fingerprint density at radius 1 is 1.17 bits per heavy atom. The molecule has 4 rings (SSSR count). The summed E-state index contributed by atoms with van der Waals surface area (Å²) in [7, 11) is 1.58. The minimum Gasteiger partial charge on any atom is -0.391 e. The predicted octanol–water partition coefficient (Wildman–Crippen LogP) is 3.21. The van der Waals surface area contributed by atoms with Gasteiger partial charge < -0.3 is 4.84 Å². The van der Waals surface area contributed by atoms with Crippen LogP contribution in [0.4, 0.5) is 0 Å². The lowest BCUT2D eigenvalue weighted by atomic mass is 9.90. The summed E-state index contributed by atoms with van der Waals surface area (Å²) in [5.41, 5.74) is 5.76. The molecule has 0 saturated heterocycles. The van der Waals surface area contributed by atoms with Gasteiger partial charge in [-0.25, -0.2) is 4.79 Å². The summed E-state index contributed by atoms with van der Waals surface area (Å²) in [5, 5.41) is 12.2. The average molecular weight is 391 g/mol. The Labute approximate surface area is 169 Å². The number of benzene rings is 2. The molecule has 7 heteroatoms. The zero-order valence-corrected chi connectivity index (χ0v) is 17.2. The standard InChI is InChI=1S/C22H25N5O2/c1-15-7-5-9-18(13-15)22(11-12-22)17(3)23-29-14-19-16(2)8-6-10-20(19)27-21(28)26(4)24-25-27/h5-10,13H,11-12,14H2,1-4H3. The van der Waals surface area contributed by atoms with Gasteiger partial charge in [0.1, 0.15) is 6.61 Å². The Morgan fingerprint density at radius 2 is 1.93 bits per heavy atom. The fourth-order valence-corrected chi connectivity index (χ4v) is 3.75. The zero-order chi connectivity index (χ0) is 20.6. The SMILES string of the molecule is CC(=NOCc1c(C)cccc1-n1nnn(C)c1=O)C1(c2cccc(C)c2)CC1. The fraction of sp³-hybridized carbons (Fsp3) is 0.364. The van der Waals surface area contributed by atoms with Crippen LogP contribution in [0, 0.1) is 13.8 Å². The van der Waals surface area contributed by atoms with Crippen molar-refractivity contribution in [2.75, 3.05) is 0 Å². The molecule has 0 radical (unpaired) electrons. The van der Waals surface area contributed by atoms with E-state index >= 15 is 0 Å². The summed E-state index contributed by atoms with van der Waals surface area (Å²) < 4.78 is 2.49. The van der Waals surface area contributed by atoms with Crippen LogP contribution < -0.4 is 5.69 Å². The fourth-order valence-electron chi connectivity index (χ4n) is 3.75. The van der Waals surface area contributed by atoms with Gasteiger partial charge in [-0.15, -0.1) is 0 Å². The van der Waals surface area contributed by atoms with E-state index < -0.39 is 0 Å². The Balaban J connectivity index is 1.57. The van der Waals surface area contributed by atoms with Crippen LogP contribution in [-0.2, 0) is 23.9 Å². The first-order chi connectivity index (χ1) is 13.9. The largest absolute Gasteiger partial charge is 0.391 e. The van der Waals surface area contributed by atoms with Crippen molar-refractivity contribution in [3.63, 3.8) is 0 Å². The summed E-state index contributed by atoms with van der Waals surface area (Å²) in [6.07, 6.45) is 2.17. The van der Waals surface area contributed by atoms with Gasteiger partial charge in [0.15, 0.2) is 0 Å². The van der Waals surface area contributed by atoms with E-state index in [1.807, 2.05) is 32.0 Å². The highest BCUT2D eigenvalue weighted by Gasteiger charge is 2.47. The number of tetrazole rings is 1. The molecule has 3 aromatic rings. The first kappa shape index (κ1) is 19.1. The van der Waals surface area contributed by atoms with E-state index in [1.165, 1.54) is 20.5 Å². The third-order valence-electron chi connectivity index (χ3n) is 5.76. The Bertz CT molecular complexity index is 1140. The quantitative estimate of drug-likeness (QED) is 0.478. The number of aryl methyl sites for hydroxylation is 3. The molecule has 1 aliphatic rings. The van der Waals surface area contributed by atoms with Gasteiger partial charge >= 0.3 is 5.69 Å². The van der Waals surface area contributed by atoms with Crippen LogP contribution >= 0.6 is 0 Å². The molecule has 2 aromatic carbocycles. The summed E-state index contributed by atoms with van der Waals surface area (Å²) in [6.45, 7) is 6.37. The molecular formula is C22H25N5O2. The molecule has 1 fully saturated rings. The summed E-state index contributed by atoms with van der Waals surface area (Å²) in [4.78, 5) is 18.0. The number of hydrogen-bond acceptors (Lipinski definition) is 5. The van der Waals surface area contributed by atoms with E-state index in [9.17, 15) is 4.79 Å². The third kappa shape index (κ3) is 3.48. The van der Waals surface area contributed by atoms with Gasteiger partial charge in [-0.1, -0.05) is 47.1 Å². The van der Waals surface area contributed by atoms with Crippen molar-refractivity contribution in [2.45, 2.75) is 45.6 Å². The molecule has 1 aliphatic carbocycles. The first-order valence-electron chi connectivity index (χ1n) is 9.74. The highest BCUT2D eigenvalue weighted by Crippen LogP contribution is 2.49. The zero-order valence-electron chi connectivity index (χ0n) is 17.2. The monoisotopic (exact) mass is 391 g/mol. The maximum atomic E-state index is 12.3. The van der Waals surface area contributed by atoms with Crippen molar-refractivity contribution in [3.8, 4) is 5.69 Å². The highest BCUT2D eigenvalue weighted by molar-refractivity contribution is 5.95. The molecule has 1 heterocycles. The lowest BCUT2D eigenvalue weighted by molar-refractivity contribution is 0.128. The summed E-state index contributed by atoms with van der Waals surface area (Å²) in [6, 6.07) is 14.3. The van der Waals surface area contributed by atoms with Gasteiger partial charge in [-0.05, 0) is 61.2 Å². The molecule has 0 amide bonds. The Kier molecular flexibility index (Phi) is 4.82. The minimum absolute atomic E-state index is 0.0115. The molecule has 0 bridgehead atoms. The van der Waals surface area contributed by atoms with Crippen molar-refractivity contribution in [3.05, 3.63) is 75.2 Å². The molecular weight excluding hydrogens is 366 g/mol. The predicted molar refractivity (Wildman–Crippen MR) is 111 cm³/mol. The number of hydrogen-bond donors (Lipinski definition) is 0. The van der Waals surface area contributed by atoms with Crippen LogP contribution in [-0.4, -0.2) is 25.5 Å². The lowest BCUT2D eigenvalue weighted by Crippen LogP contribution is -2.23. The highest BCUT2D eigenvalue weighted by atomic mass is 16.6. The molecule has 0 aliphatic heterocycles. The van der Waals surface area contributed by atoms with E-state index in [-0.39, 0.29) is 17.7 Å². The third-order valence-corrected chi connectivity index (χ3v) is 5.76. The lowest BCUT2D eigenvalue weighted by Gasteiger charge is -2.16. The van der Waals surface area contributed by atoms with Gasteiger partial charge in [0.25, 0.3) is 0 Å². The van der Waals surface area contributed by atoms with Crippen LogP contribution in [0.3, 0.4) is 0 Å². The van der Waals surface area contributed by atoms with Gasteiger partial charge in [-0.3, -0.25) is 0 Å². The van der Waals surface area contributed by atoms with Gasteiger partial charge in [0.2, 0.25) is 0 Å². The van der Waals surface area contributed by atoms with Crippen LogP contribution in [0.1, 0.15) is 42.0 Å². The van der Waals surface area contributed by atoms with Crippen LogP contribution in [0.2, 0.25) is 0 Å². The smallest absolute Gasteiger partial charge is 0.368 e. The second kappa shape index (κ2) is 7.31. The molecule has 0 unspecified atom stereocenters. The molecule has 1 aromatic heterocycles. The van der Waals surface area contributed by atoms with E-state index in [4.69, 9.17) is 4.84 Å². The van der Waals surface area contributed by atoms with Crippen LogP contribution in [0.15, 0.2) is 52.4 Å². The number of aromatic nitrogens is 4. The van der Waals surface area contributed by atoms with Crippen molar-refractivity contribution >= 4 is 5.71 Å². The summed E-state index contributed by atoms with van der Waals surface area (Å²) in [5.74, 6) is 0. The van der Waals surface area contributed by atoms with Gasteiger partial charge in [0.05, 0.1) is 11.4 Å².